The van der Waals surface area contributed by atoms with Crippen LogP contribution < -0.4 is 5.56 Å². The fraction of sp³-hybridized carbons (Fsp3) is 0.276. The molecule has 1 N–H and O–H groups in total. The van der Waals surface area contributed by atoms with Gasteiger partial charge in [0.15, 0.2) is 4.90 Å². The highest BCUT2D eigenvalue weighted by Crippen LogP contribution is 2.35. The van der Waals surface area contributed by atoms with E-state index in [-0.39, 0.29) is 16.3 Å². The van der Waals surface area contributed by atoms with Crippen LogP contribution in [-0.4, -0.2) is 28.1 Å². The third-order valence-electron chi connectivity index (χ3n) is 6.74. The second-order valence-corrected chi connectivity index (χ2v) is 11.1. The molecule has 0 aliphatic heterocycles. The third-order valence-corrected chi connectivity index (χ3v) is 8.53. The van der Waals surface area contributed by atoms with Gasteiger partial charge in [-0.3, -0.25) is 9.36 Å². The van der Waals surface area contributed by atoms with Gasteiger partial charge in [0.1, 0.15) is 11.6 Å². The number of rotatable bonds is 9. The molecule has 39 heavy (non-hydrogen) atoms. The molecule has 2 heterocycles. The maximum atomic E-state index is 14.8. The minimum atomic E-state index is -4.54. The first-order valence-corrected chi connectivity index (χ1v) is 14.2. The Hall–Kier alpha value is -3.92. The summed E-state index contributed by atoms with van der Waals surface area (Å²) in [6, 6.07) is 12.4. The van der Waals surface area contributed by atoms with Crippen molar-refractivity contribution in [1.82, 2.24) is 14.5 Å². The average molecular weight is 554 g/mol. The fourth-order valence-corrected chi connectivity index (χ4v) is 6.01. The molecule has 204 valence electrons. The summed E-state index contributed by atoms with van der Waals surface area (Å²) >= 11 is 0. The second kappa shape index (κ2) is 11.4. The first-order chi connectivity index (χ1) is 18.6. The molecule has 2 aromatic heterocycles. The summed E-state index contributed by atoms with van der Waals surface area (Å²) in [6.45, 7) is 5.28. The van der Waals surface area contributed by atoms with Crippen molar-refractivity contribution in [2.45, 2.75) is 62.3 Å². The molecular formula is C29H29F2N3O4S. The quantitative estimate of drug-likeness (QED) is 0.264. The van der Waals surface area contributed by atoms with Crippen LogP contribution >= 0.6 is 0 Å². The summed E-state index contributed by atoms with van der Waals surface area (Å²) in [5.41, 5.74) is 0.544. The van der Waals surface area contributed by atoms with E-state index in [0.29, 0.717) is 36.0 Å². The number of aryl methyl sites for hydroxylation is 1. The maximum absolute atomic E-state index is 14.8. The average Bonchev–Trinajstić information content (AvgIpc) is 2.91. The number of pyridine rings is 1. The minimum absolute atomic E-state index is 0.180. The van der Waals surface area contributed by atoms with E-state index in [1.165, 1.54) is 47.2 Å². The van der Waals surface area contributed by atoms with Crippen LogP contribution in [0, 0.1) is 18.7 Å². The molecule has 0 bridgehead atoms. The van der Waals surface area contributed by atoms with Crippen LogP contribution in [0.15, 0.2) is 75.4 Å². The van der Waals surface area contributed by atoms with Gasteiger partial charge >= 0.3 is 0 Å². The van der Waals surface area contributed by atoms with E-state index in [1.54, 1.807) is 32.0 Å². The highest BCUT2D eigenvalue weighted by atomic mass is 32.2. The van der Waals surface area contributed by atoms with Crippen LogP contribution in [0.4, 0.5) is 8.78 Å². The molecule has 0 spiro atoms. The molecule has 0 saturated carbocycles. The highest BCUT2D eigenvalue weighted by molar-refractivity contribution is 7.91. The Labute approximate surface area is 225 Å². The van der Waals surface area contributed by atoms with Gasteiger partial charge in [-0.15, -0.1) is 0 Å². The van der Waals surface area contributed by atoms with E-state index in [9.17, 15) is 27.1 Å². The van der Waals surface area contributed by atoms with Gasteiger partial charge in [-0.05, 0) is 55.2 Å². The van der Waals surface area contributed by atoms with Crippen LogP contribution in [0.1, 0.15) is 56.1 Å². The zero-order valence-corrected chi connectivity index (χ0v) is 22.7. The standard InChI is InChI=1S/C29H29F2N3O4S/c1-4-6-11-25-33-28(35)26(29(36)34(25)24(5-2)22-9-7-8-10-23(22)30)39(37,38)20-14-12-19(13-15-20)21-16-17-32-27(31)18(21)3/h7-10,12-17,24,36H,4-6,11H2,1-3H3. The number of unbranched alkanes of at least 4 members (excludes halogenated alkanes) is 1. The van der Waals surface area contributed by atoms with Gasteiger partial charge in [-0.2, -0.15) is 9.37 Å². The first kappa shape index (κ1) is 28.1. The van der Waals surface area contributed by atoms with Gasteiger partial charge in [0, 0.05) is 23.7 Å². The number of halogens is 2. The minimum Gasteiger partial charge on any atom is -0.493 e. The zero-order valence-electron chi connectivity index (χ0n) is 21.9. The Morgan fingerprint density at radius 3 is 2.36 bits per heavy atom. The Morgan fingerprint density at radius 2 is 1.72 bits per heavy atom. The van der Waals surface area contributed by atoms with Crippen molar-refractivity contribution in [3.05, 3.63) is 99.9 Å². The van der Waals surface area contributed by atoms with Crippen LogP contribution in [0.2, 0.25) is 0 Å². The predicted octanol–water partition coefficient (Wildman–Crippen LogP) is 5.77. The molecule has 2 aromatic carbocycles. The SMILES string of the molecule is CCCCc1nc(=O)c(S(=O)(=O)c2ccc(-c3ccnc(F)c3C)cc2)c(O)n1C(CC)c1ccccc1F. The molecule has 0 radical (unpaired) electrons. The molecular weight excluding hydrogens is 524 g/mol. The van der Waals surface area contributed by atoms with Gasteiger partial charge in [-0.1, -0.05) is 50.6 Å². The molecule has 10 heteroatoms. The van der Waals surface area contributed by atoms with Gasteiger partial charge in [-0.25, -0.2) is 17.8 Å². The molecule has 4 rings (SSSR count). The molecule has 0 fully saturated rings. The predicted molar refractivity (Wildman–Crippen MR) is 143 cm³/mol. The lowest BCUT2D eigenvalue weighted by Gasteiger charge is -2.25. The highest BCUT2D eigenvalue weighted by Gasteiger charge is 2.32. The summed E-state index contributed by atoms with van der Waals surface area (Å²) in [5, 5.41) is 11.4. The lowest BCUT2D eigenvalue weighted by atomic mass is 10.0. The molecule has 0 aliphatic rings. The summed E-state index contributed by atoms with van der Waals surface area (Å²) in [7, 11) is -4.54. The number of nitrogens with zero attached hydrogens (tertiary/aromatic N) is 3. The molecule has 0 saturated heterocycles. The van der Waals surface area contributed by atoms with E-state index >= 15 is 0 Å². The molecule has 0 aliphatic carbocycles. The Morgan fingerprint density at radius 1 is 1.03 bits per heavy atom. The monoisotopic (exact) mass is 553 g/mol. The lowest BCUT2D eigenvalue weighted by molar-refractivity contribution is 0.354. The first-order valence-electron chi connectivity index (χ1n) is 12.7. The van der Waals surface area contributed by atoms with Crippen LogP contribution in [0.25, 0.3) is 11.1 Å². The summed E-state index contributed by atoms with van der Waals surface area (Å²) < 4.78 is 57.4. The lowest BCUT2D eigenvalue weighted by Crippen LogP contribution is -2.28. The topological polar surface area (TPSA) is 102 Å². The number of aromatic hydroxyl groups is 1. The van der Waals surface area contributed by atoms with Crippen molar-refractivity contribution in [2.75, 3.05) is 0 Å². The van der Waals surface area contributed by atoms with E-state index in [4.69, 9.17) is 0 Å². The maximum Gasteiger partial charge on any atom is 0.296 e. The van der Waals surface area contributed by atoms with E-state index in [1.807, 2.05) is 6.92 Å². The van der Waals surface area contributed by atoms with Crippen molar-refractivity contribution in [1.29, 1.82) is 0 Å². The summed E-state index contributed by atoms with van der Waals surface area (Å²) in [5.74, 6) is -1.76. The van der Waals surface area contributed by atoms with Crippen molar-refractivity contribution in [3.63, 3.8) is 0 Å². The van der Waals surface area contributed by atoms with E-state index < -0.39 is 44.0 Å². The molecule has 0 amide bonds. The molecule has 4 aromatic rings. The largest absolute Gasteiger partial charge is 0.493 e. The molecule has 7 nitrogen and oxygen atoms in total. The normalized spacial score (nSPS) is 12.4. The van der Waals surface area contributed by atoms with Crippen LogP contribution in [-0.2, 0) is 16.3 Å². The van der Waals surface area contributed by atoms with Gasteiger partial charge in [0.05, 0.1) is 10.9 Å². The number of benzene rings is 2. The second-order valence-electron chi connectivity index (χ2n) is 9.21. The van der Waals surface area contributed by atoms with Gasteiger partial charge in [0.2, 0.25) is 21.7 Å². The fourth-order valence-electron chi connectivity index (χ4n) is 4.66. The number of hydrogen-bond acceptors (Lipinski definition) is 6. The summed E-state index contributed by atoms with van der Waals surface area (Å²) in [6.07, 6.45) is 3.30. The number of aromatic nitrogens is 3. The Balaban J connectivity index is 1.88. The Bertz CT molecular complexity index is 1670. The zero-order chi connectivity index (χ0) is 28.3. The number of hydrogen-bond donors (Lipinski definition) is 1. The smallest absolute Gasteiger partial charge is 0.296 e. The summed E-state index contributed by atoms with van der Waals surface area (Å²) in [4.78, 5) is 19.6. The molecule has 1 atom stereocenters. The van der Waals surface area contributed by atoms with Crippen LogP contribution in [0.3, 0.4) is 0 Å². The van der Waals surface area contributed by atoms with E-state index in [0.717, 1.165) is 6.42 Å². The Kier molecular flexibility index (Phi) is 8.25. The number of sulfone groups is 1. The van der Waals surface area contributed by atoms with Gasteiger partial charge < -0.3 is 5.11 Å². The van der Waals surface area contributed by atoms with Crippen LogP contribution in [0.5, 0.6) is 5.88 Å². The van der Waals surface area contributed by atoms with Crippen molar-refractivity contribution >= 4 is 9.84 Å². The van der Waals surface area contributed by atoms with Crippen molar-refractivity contribution in [2.24, 2.45) is 0 Å². The molecule has 1 unspecified atom stereocenters. The van der Waals surface area contributed by atoms with Crippen molar-refractivity contribution < 1.29 is 22.3 Å². The van der Waals surface area contributed by atoms with E-state index in [2.05, 4.69) is 9.97 Å². The third kappa shape index (κ3) is 5.34. The van der Waals surface area contributed by atoms with Gasteiger partial charge in [0.25, 0.3) is 5.56 Å². The van der Waals surface area contributed by atoms with Crippen molar-refractivity contribution in [3.8, 4) is 17.0 Å².